The molecule has 0 saturated heterocycles. The van der Waals surface area contributed by atoms with E-state index in [0.29, 0.717) is 27.9 Å². The second kappa shape index (κ2) is 8.68. The van der Waals surface area contributed by atoms with Gasteiger partial charge in [0, 0.05) is 22.2 Å². The molecule has 0 bridgehead atoms. The molecule has 0 aliphatic heterocycles. The summed E-state index contributed by atoms with van der Waals surface area (Å²) in [6.07, 6.45) is 0. The zero-order valence-electron chi connectivity index (χ0n) is 16.8. The molecule has 32 heavy (non-hydrogen) atoms. The van der Waals surface area contributed by atoms with Crippen molar-refractivity contribution in [3.63, 3.8) is 0 Å². The number of aromatic hydroxyl groups is 1. The standard InChI is InChI=1S/C23H17FN4O4/c1-32-17-9-4-13(5-10-17)21(29)25-16-7-2-14(3-8-16)22(30)28-27-20-18-12-15(24)6-11-19(18)26-23(20)31/h2-12,26,31H,1H3,(H,25,29). The van der Waals surface area contributed by atoms with E-state index in [1.807, 2.05) is 0 Å². The number of azo groups is 1. The summed E-state index contributed by atoms with van der Waals surface area (Å²) in [6, 6.07) is 16.6. The van der Waals surface area contributed by atoms with E-state index in [1.165, 1.54) is 30.3 Å². The van der Waals surface area contributed by atoms with Gasteiger partial charge in [-0.1, -0.05) is 0 Å². The summed E-state index contributed by atoms with van der Waals surface area (Å²) in [6.45, 7) is 0. The number of rotatable bonds is 5. The Balaban J connectivity index is 1.46. The van der Waals surface area contributed by atoms with Gasteiger partial charge in [-0.3, -0.25) is 9.59 Å². The average molecular weight is 432 g/mol. The molecule has 4 aromatic rings. The molecule has 0 spiro atoms. The number of H-pyrrole nitrogens is 1. The predicted molar refractivity (Wildman–Crippen MR) is 116 cm³/mol. The highest BCUT2D eigenvalue weighted by Gasteiger charge is 2.13. The zero-order chi connectivity index (χ0) is 22.7. The van der Waals surface area contributed by atoms with Crippen molar-refractivity contribution in [3.05, 3.63) is 83.7 Å². The molecule has 0 aliphatic carbocycles. The molecule has 1 aromatic heterocycles. The minimum Gasteiger partial charge on any atom is -0.497 e. The molecule has 0 atom stereocenters. The molecule has 160 valence electrons. The van der Waals surface area contributed by atoms with Crippen molar-refractivity contribution < 1.29 is 23.8 Å². The van der Waals surface area contributed by atoms with Crippen molar-refractivity contribution in [3.8, 4) is 11.6 Å². The second-order valence-electron chi connectivity index (χ2n) is 6.78. The van der Waals surface area contributed by atoms with Crippen LogP contribution in [-0.4, -0.2) is 29.0 Å². The van der Waals surface area contributed by atoms with E-state index in [0.717, 1.165) is 0 Å². The summed E-state index contributed by atoms with van der Waals surface area (Å²) in [5, 5.41) is 20.4. The number of fused-ring (bicyclic) bond motifs is 1. The Kier molecular flexibility index (Phi) is 5.63. The lowest BCUT2D eigenvalue weighted by Gasteiger charge is -2.06. The van der Waals surface area contributed by atoms with Crippen molar-refractivity contribution in [1.29, 1.82) is 0 Å². The van der Waals surface area contributed by atoms with Gasteiger partial charge in [-0.25, -0.2) is 4.39 Å². The first-order chi connectivity index (χ1) is 15.4. The van der Waals surface area contributed by atoms with Gasteiger partial charge in [0.05, 0.1) is 12.6 Å². The third-order valence-corrected chi connectivity index (χ3v) is 4.70. The van der Waals surface area contributed by atoms with E-state index in [-0.39, 0.29) is 23.0 Å². The summed E-state index contributed by atoms with van der Waals surface area (Å²) in [5.41, 5.74) is 1.60. The predicted octanol–water partition coefficient (Wildman–Crippen LogP) is 5.20. The molecular formula is C23H17FN4O4. The van der Waals surface area contributed by atoms with Gasteiger partial charge in [0.25, 0.3) is 11.8 Å². The Labute approximate surface area is 181 Å². The number of aromatic amines is 1. The lowest BCUT2D eigenvalue weighted by atomic mass is 10.1. The van der Waals surface area contributed by atoms with E-state index < -0.39 is 11.7 Å². The molecule has 4 rings (SSSR count). The number of hydrogen-bond acceptors (Lipinski definition) is 5. The van der Waals surface area contributed by atoms with Crippen molar-refractivity contribution in [2.45, 2.75) is 0 Å². The molecule has 0 fully saturated rings. The van der Waals surface area contributed by atoms with Crippen LogP contribution in [0.15, 0.2) is 77.0 Å². The first kappa shape index (κ1) is 20.7. The van der Waals surface area contributed by atoms with Crippen molar-refractivity contribution in [1.82, 2.24) is 4.98 Å². The van der Waals surface area contributed by atoms with E-state index in [1.54, 1.807) is 43.5 Å². The van der Waals surface area contributed by atoms with Crippen LogP contribution in [0, 0.1) is 5.82 Å². The number of aromatic nitrogens is 1. The number of halogens is 1. The highest BCUT2D eigenvalue weighted by Crippen LogP contribution is 2.35. The van der Waals surface area contributed by atoms with Crippen molar-refractivity contribution in [2.75, 3.05) is 12.4 Å². The summed E-state index contributed by atoms with van der Waals surface area (Å²) >= 11 is 0. The molecule has 3 N–H and O–H groups in total. The van der Waals surface area contributed by atoms with Crippen molar-refractivity contribution in [2.24, 2.45) is 10.2 Å². The highest BCUT2D eigenvalue weighted by atomic mass is 19.1. The molecule has 0 unspecified atom stereocenters. The lowest BCUT2D eigenvalue weighted by molar-refractivity contribution is 0.0993. The van der Waals surface area contributed by atoms with Crippen LogP contribution >= 0.6 is 0 Å². The molecule has 8 nitrogen and oxygen atoms in total. The number of benzene rings is 3. The van der Waals surface area contributed by atoms with Gasteiger partial charge in [0.2, 0.25) is 5.88 Å². The number of amides is 2. The number of nitrogens with zero attached hydrogens (tertiary/aromatic N) is 2. The van der Waals surface area contributed by atoms with Gasteiger partial charge < -0.3 is 20.1 Å². The maximum atomic E-state index is 13.5. The number of anilines is 1. The molecule has 0 saturated carbocycles. The molecule has 3 aromatic carbocycles. The maximum absolute atomic E-state index is 13.5. The minimum absolute atomic E-state index is 0.0313. The monoisotopic (exact) mass is 432 g/mol. The third kappa shape index (κ3) is 4.31. The Morgan fingerprint density at radius 2 is 1.69 bits per heavy atom. The fourth-order valence-corrected chi connectivity index (χ4v) is 3.03. The lowest BCUT2D eigenvalue weighted by Crippen LogP contribution is -2.11. The van der Waals surface area contributed by atoms with Crippen molar-refractivity contribution >= 4 is 34.1 Å². The smallest absolute Gasteiger partial charge is 0.295 e. The van der Waals surface area contributed by atoms with Crippen LogP contribution in [0.2, 0.25) is 0 Å². The molecule has 9 heteroatoms. The topological polar surface area (TPSA) is 116 Å². The van der Waals surface area contributed by atoms with Gasteiger partial charge in [0.15, 0.2) is 5.69 Å². The number of carbonyl (C=O) groups excluding carboxylic acids is 2. The first-order valence-corrected chi connectivity index (χ1v) is 9.46. The zero-order valence-corrected chi connectivity index (χ0v) is 16.8. The van der Waals surface area contributed by atoms with E-state index >= 15 is 0 Å². The van der Waals surface area contributed by atoms with E-state index in [9.17, 15) is 19.1 Å². The number of carbonyl (C=O) groups is 2. The summed E-state index contributed by atoms with van der Waals surface area (Å²) in [7, 11) is 1.54. The van der Waals surface area contributed by atoms with Crippen LogP contribution in [0.25, 0.3) is 10.9 Å². The van der Waals surface area contributed by atoms with Crippen LogP contribution in [0.1, 0.15) is 20.7 Å². The fraction of sp³-hybridized carbons (Fsp3) is 0.0435. The molecule has 0 aliphatic rings. The number of nitrogens with one attached hydrogen (secondary N) is 2. The largest absolute Gasteiger partial charge is 0.497 e. The second-order valence-corrected chi connectivity index (χ2v) is 6.78. The first-order valence-electron chi connectivity index (χ1n) is 9.46. The number of hydrogen-bond donors (Lipinski definition) is 3. The quantitative estimate of drug-likeness (QED) is 0.376. The van der Waals surface area contributed by atoms with Gasteiger partial charge in [-0.05, 0) is 66.7 Å². The molecule has 1 heterocycles. The number of ether oxygens (including phenoxy) is 1. The minimum atomic E-state index is -0.664. The third-order valence-electron chi connectivity index (χ3n) is 4.70. The van der Waals surface area contributed by atoms with E-state index in [2.05, 4.69) is 20.5 Å². The van der Waals surface area contributed by atoms with Gasteiger partial charge in [-0.2, -0.15) is 0 Å². The Hall–Kier alpha value is -4.53. The van der Waals surface area contributed by atoms with Gasteiger partial charge in [-0.15, -0.1) is 10.2 Å². The van der Waals surface area contributed by atoms with Gasteiger partial charge in [0.1, 0.15) is 11.6 Å². The Morgan fingerprint density at radius 3 is 2.38 bits per heavy atom. The molecule has 0 radical (unpaired) electrons. The van der Waals surface area contributed by atoms with Gasteiger partial charge >= 0.3 is 0 Å². The van der Waals surface area contributed by atoms with Crippen LogP contribution in [-0.2, 0) is 0 Å². The normalized spacial score (nSPS) is 11.1. The maximum Gasteiger partial charge on any atom is 0.295 e. The summed E-state index contributed by atoms with van der Waals surface area (Å²) < 4.78 is 18.6. The number of methoxy groups -OCH3 is 1. The summed E-state index contributed by atoms with van der Waals surface area (Å²) in [5.74, 6) is -1.16. The van der Waals surface area contributed by atoms with Crippen LogP contribution in [0.5, 0.6) is 11.6 Å². The van der Waals surface area contributed by atoms with Crippen LogP contribution < -0.4 is 10.1 Å². The summed E-state index contributed by atoms with van der Waals surface area (Å²) in [4.78, 5) is 27.3. The Morgan fingerprint density at radius 1 is 1.00 bits per heavy atom. The average Bonchev–Trinajstić information content (AvgIpc) is 3.12. The molecule has 2 amide bonds. The molecular weight excluding hydrogens is 415 g/mol. The fourth-order valence-electron chi connectivity index (χ4n) is 3.03. The Bertz CT molecular complexity index is 1330. The SMILES string of the molecule is COc1ccc(C(=O)Nc2ccc(C(=O)N=Nc3c(O)[nH]c4ccc(F)cc34)cc2)cc1. The van der Waals surface area contributed by atoms with E-state index in [4.69, 9.17) is 4.74 Å². The van der Waals surface area contributed by atoms with Crippen LogP contribution in [0.3, 0.4) is 0 Å². The highest BCUT2D eigenvalue weighted by molar-refractivity contribution is 6.04. The van der Waals surface area contributed by atoms with Crippen LogP contribution in [0.4, 0.5) is 15.8 Å².